The van der Waals surface area contributed by atoms with Gasteiger partial charge in [-0.05, 0) is 41.1 Å². The Bertz CT molecular complexity index is 793. The minimum Gasteiger partial charge on any atom is -0.497 e. The van der Waals surface area contributed by atoms with Gasteiger partial charge in [-0.3, -0.25) is 0 Å². The first-order valence-corrected chi connectivity index (χ1v) is 8.77. The van der Waals surface area contributed by atoms with Crippen LogP contribution in [0.25, 0.3) is 10.4 Å². The number of fused-ring (bicyclic) bond motifs is 1. The molecule has 0 saturated heterocycles. The van der Waals surface area contributed by atoms with Crippen molar-refractivity contribution in [3.8, 4) is 16.2 Å². The first-order valence-electron chi connectivity index (χ1n) is 7.89. The van der Waals surface area contributed by atoms with Gasteiger partial charge >= 0.3 is 0 Å². The molecule has 1 aromatic heterocycles. The molecule has 116 valence electrons. The molecule has 0 N–H and O–H groups in total. The molecule has 0 fully saturated rings. The molecule has 0 atom stereocenters. The van der Waals surface area contributed by atoms with Crippen LogP contribution in [-0.4, -0.2) is 13.7 Å². The molecule has 0 aliphatic carbocycles. The molecule has 3 aromatic rings. The van der Waals surface area contributed by atoms with Crippen molar-refractivity contribution in [3.05, 3.63) is 71.1 Å². The lowest BCUT2D eigenvalue weighted by Crippen LogP contribution is -2.20. The molecule has 4 rings (SSSR count). The Morgan fingerprint density at radius 2 is 1.91 bits per heavy atom. The fraction of sp³-hybridized carbons (Fsp3) is 0.200. The zero-order valence-electron chi connectivity index (χ0n) is 13.2. The Labute approximate surface area is 141 Å². The van der Waals surface area contributed by atoms with Crippen LogP contribution in [0.2, 0.25) is 0 Å². The number of hydrogen-bond acceptors (Lipinski definition) is 3. The van der Waals surface area contributed by atoms with Crippen LogP contribution in [-0.2, 0) is 13.0 Å². The highest BCUT2D eigenvalue weighted by atomic mass is 32.1. The van der Waals surface area contributed by atoms with Crippen LogP contribution < -0.4 is 9.64 Å². The number of anilines is 1. The van der Waals surface area contributed by atoms with E-state index in [-0.39, 0.29) is 0 Å². The second-order valence-corrected chi connectivity index (χ2v) is 6.76. The molecule has 0 radical (unpaired) electrons. The SMILES string of the molecule is COc1ccc(CN2CCc3cccc(-c4cccs4)c32)cc1. The molecule has 1 aliphatic heterocycles. The van der Waals surface area contributed by atoms with Gasteiger partial charge < -0.3 is 9.64 Å². The van der Waals surface area contributed by atoms with Gasteiger partial charge in [0.25, 0.3) is 0 Å². The predicted octanol–water partition coefficient (Wildman–Crippen LogP) is 4.99. The molecule has 2 heterocycles. The summed E-state index contributed by atoms with van der Waals surface area (Å²) in [7, 11) is 1.71. The number of hydrogen-bond donors (Lipinski definition) is 0. The van der Waals surface area contributed by atoms with Gasteiger partial charge in [0.05, 0.1) is 7.11 Å². The topological polar surface area (TPSA) is 12.5 Å². The molecule has 2 aromatic carbocycles. The lowest BCUT2D eigenvalue weighted by Gasteiger charge is -2.22. The molecule has 0 saturated carbocycles. The van der Waals surface area contributed by atoms with Crippen molar-refractivity contribution in [2.45, 2.75) is 13.0 Å². The van der Waals surface area contributed by atoms with Gasteiger partial charge in [-0.15, -0.1) is 11.3 Å². The number of benzene rings is 2. The third kappa shape index (κ3) is 2.73. The molecule has 0 spiro atoms. The zero-order valence-corrected chi connectivity index (χ0v) is 14.0. The predicted molar refractivity (Wildman–Crippen MR) is 97.5 cm³/mol. The van der Waals surface area contributed by atoms with E-state index in [9.17, 15) is 0 Å². The van der Waals surface area contributed by atoms with Crippen LogP contribution in [0.4, 0.5) is 5.69 Å². The second kappa shape index (κ2) is 6.09. The number of nitrogens with zero attached hydrogens (tertiary/aromatic N) is 1. The van der Waals surface area contributed by atoms with E-state index in [0.717, 1.165) is 25.3 Å². The average molecular weight is 321 g/mol. The van der Waals surface area contributed by atoms with Gasteiger partial charge in [0.15, 0.2) is 0 Å². The molecule has 1 aliphatic rings. The van der Waals surface area contributed by atoms with Gasteiger partial charge in [0.2, 0.25) is 0 Å². The smallest absolute Gasteiger partial charge is 0.118 e. The summed E-state index contributed by atoms with van der Waals surface area (Å²) in [6.45, 7) is 2.03. The van der Waals surface area contributed by atoms with E-state index in [4.69, 9.17) is 4.74 Å². The Balaban J connectivity index is 1.66. The third-order valence-corrected chi connectivity index (χ3v) is 5.31. The van der Waals surface area contributed by atoms with Gasteiger partial charge in [-0.25, -0.2) is 0 Å². The first kappa shape index (κ1) is 14.3. The first-order chi connectivity index (χ1) is 11.3. The van der Waals surface area contributed by atoms with Gasteiger partial charge in [0.1, 0.15) is 5.75 Å². The van der Waals surface area contributed by atoms with Crippen LogP contribution in [0.3, 0.4) is 0 Å². The van der Waals surface area contributed by atoms with Crippen molar-refractivity contribution in [1.29, 1.82) is 0 Å². The van der Waals surface area contributed by atoms with Gasteiger partial charge in [-0.1, -0.05) is 36.4 Å². The molecule has 0 bridgehead atoms. The van der Waals surface area contributed by atoms with Crippen molar-refractivity contribution in [2.24, 2.45) is 0 Å². The Hall–Kier alpha value is -2.26. The maximum absolute atomic E-state index is 5.25. The molecular formula is C20H19NOS. The summed E-state index contributed by atoms with van der Waals surface area (Å²) >= 11 is 1.81. The van der Waals surface area contributed by atoms with E-state index >= 15 is 0 Å². The normalized spacial score (nSPS) is 13.2. The van der Waals surface area contributed by atoms with E-state index in [0.29, 0.717) is 0 Å². The standard InChI is InChI=1S/C20H19NOS/c1-22-17-9-7-15(8-10-17)14-21-12-11-16-4-2-5-18(20(16)21)19-6-3-13-23-19/h2-10,13H,11-12,14H2,1H3. The van der Waals surface area contributed by atoms with E-state index in [1.165, 1.54) is 27.3 Å². The summed E-state index contributed by atoms with van der Waals surface area (Å²) in [6.07, 6.45) is 1.13. The van der Waals surface area contributed by atoms with Crippen LogP contribution >= 0.6 is 11.3 Å². The minimum absolute atomic E-state index is 0.912. The van der Waals surface area contributed by atoms with Crippen molar-refractivity contribution in [1.82, 2.24) is 0 Å². The van der Waals surface area contributed by atoms with Crippen molar-refractivity contribution in [3.63, 3.8) is 0 Å². The summed E-state index contributed by atoms with van der Waals surface area (Å²) in [6, 6.07) is 19.4. The lowest BCUT2D eigenvalue weighted by atomic mass is 10.1. The number of thiophene rings is 1. The maximum Gasteiger partial charge on any atom is 0.118 e. The molecule has 0 unspecified atom stereocenters. The summed E-state index contributed by atoms with van der Waals surface area (Å²) in [5.41, 5.74) is 5.55. The number of para-hydroxylation sites is 1. The van der Waals surface area contributed by atoms with Crippen LogP contribution in [0.1, 0.15) is 11.1 Å². The average Bonchev–Trinajstić information content (AvgIpc) is 3.26. The maximum atomic E-state index is 5.25. The Kier molecular flexibility index (Phi) is 3.80. The monoisotopic (exact) mass is 321 g/mol. The highest BCUT2D eigenvalue weighted by Gasteiger charge is 2.23. The summed E-state index contributed by atoms with van der Waals surface area (Å²) in [5.74, 6) is 0.912. The van der Waals surface area contributed by atoms with Crippen LogP contribution in [0, 0.1) is 0 Å². The van der Waals surface area contributed by atoms with Crippen molar-refractivity contribution < 1.29 is 4.74 Å². The highest BCUT2D eigenvalue weighted by Crippen LogP contribution is 2.40. The lowest BCUT2D eigenvalue weighted by molar-refractivity contribution is 0.414. The fourth-order valence-corrected chi connectivity index (χ4v) is 4.03. The zero-order chi connectivity index (χ0) is 15.6. The van der Waals surface area contributed by atoms with Gasteiger partial charge in [0, 0.05) is 29.2 Å². The van der Waals surface area contributed by atoms with Gasteiger partial charge in [-0.2, -0.15) is 0 Å². The van der Waals surface area contributed by atoms with Crippen LogP contribution in [0.15, 0.2) is 60.0 Å². The second-order valence-electron chi connectivity index (χ2n) is 5.81. The summed E-state index contributed by atoms with van der Waals surface area (Å²) in [4.78, 5) is 3.86. The van der Waals surface area contributed by atoms with E-state index < -0.39 is 0 Å². The Morgan fingerprint density at radius 1 is 1.04 bits per heavy atom. The summed E-state index contributed by atoms with van der Waals surface area (Å²) in [5, 5.41) is 2.15. The molecule has 0 amide bonds. The molecule has 2 nitrogen and oxygen atoms in total. The van der Waals surface area contributed by atoms with Crippen LogP contribution in [0.5, 0.6) is 5.75 Å². The minimum atomic E-state index is 0.912. The number of rotatable bonds is 4. The number of ether oxygens (including phenoxy) is 1. The molecular weight excluding hydrogens is 302 g/mol. The third-order valence-electron chi connectivity index (χ3n) is 4.41. The van der Waals surface area contributed by atoms with Crippen molar-refractivity contribution in [2.75, 3.05) is 18.6 Å². The fourth-order valence-electron chi connectivity index (χ4n) is 3.27. The largest absolute Gasteiger partial charge is 0.497 e. The molecule has 3 heteroatoms. The highest BCUT2D eigenvalue weighted by molar-refractivity contribution is 7.13. The van der Waals surface area contributed by atoms with E-state index in [2.05, 4.69) is 52.7 Å². The summed E-state index contributed by atoms with van der Waals surface area (Å²) < 4.78 is 5.25. The Morgan fingerprint density at radius 3 is 2.65 bits per heavy atom. The van der Waals surface area contributed by atoms with Crippen molar-refractivity contribution >= 4 is 17.0 Å². The van der Waals surface area contributed by atoms with E-state index in [1.54, 1.807) is 7.11 Å². The number of methoxy groups -OCH3 is 1. The quantitative estimate of drug-likeness (QED) is 0.671. The van der Waals surface area contributed by atoms with E-state index in [1.807, 2.05) is 23.5 Å². The molecule has 23 heavy (non-hydrogen) atoms.